The highest BCUT2D eigenvalue weighted by molar-refractivity contribution is 9.10. The minimum Gasteiger partial charge on any atom is -0.378 e. The molecule has 2 aromatic carbocycles. The second kappa shape index (κ2) is 7.82. The zero-order chi connectivity index (χ0) is 19.7. The third-order valence-corrected chi connectivity index (χ3v) is 6.07. The van der Waals surface area contributed by atoms with E-state index in [4.69, 9.17) is 4.74 Å². The van der Waals surface area contributed by atoms with Gasteiger partial charge in [0.15, 0.2) is 5.13 Å². The summed E-state index contributed by atoms with van der Waals surface area (Å²) >= 11 is 4.68. The second-order valence-corrected chi connectivity index (χ2v) is 8.02. The molecule has 28 heavy (non-hydrogen) atoms. The van der Waals surface area contributed by atoms with Crippen LogP contribution in [0, 0.1) is 10.1 Å². The summed E-state index contributed by atoms with van der Waals surface area (Å²) in [6.07, 6.45) is 0. The van der Waals surface area contributed by atoms with Crippen LogP contribution in [0.15, 0.2) is 40.9 Å². The Balaban J connectivity index is 1.55. The Hall–Kier alpha value is -2.56. The van der Waals surface area contributed by atoms with Crippen LogP contribution in [0.5, 0.6) is 0 Å². The summed E-state index contributed by atoms with van der Waals surface area (Å²) in [4.78, 5) is 29.9. The van der Waals surface area contributed by atoms with Crippen molar-refractivity contribution >= 4 is 59.9 Å². The number of amides is 1. The Morgan fingerprint density at radius 2 is 2.04 bits per heavy atom. The molecule has 1 saturated heterocycles. The maximum atomic E-state index is 12.5. The molecule has 0 bridgehead atoms. The largest absolute Gasteiger partial charge is 0.378 e. The van der Waals surface area contributed by atoms with E-state index in [1.54, 1.807) is 17.4 Å². The SMILES string of the molecule is O=C(Nc1ccc2nc(N3CCOCC3)sc2c1)c1ccc(Br)c([N+](=O)[O-])c1. The van der Waals surface area contributed by atoms with Crippen LogP contribution in [0.2, 0.25) is 0 Å². The number of carbonyl (C=O) groups is 1. The van der Waals surface area contributed by atoms with Crippen molar-refractivity contribution in [2.45, 2.75) is 0 Å². The van der Waals surface area contributed by atoms with Crippen LogP contribution >= 0.6 is 27.3 Å². The number of fused-ring (bicyclic) bond motifs is 1. The van der Waals surface area contributed by atoms with E-state index in [1.165, 1.54) is 18.2 Å². The Labute approximate surface area is 172 Å². The Kier molecular flexibility index (Phi) is 5.25. The molecule has 0 radical (unpaired) electrons. The first-order chi connectivity index (χ1) is 13.5. The van der Waals surface area contributed by atoms with Crippen molar-refractivity contribution in [3.63, 3.8) is 0 Å². The highest BCUT2D eigenvalue weighted by atomic mass is 79.9. The highest BCUT2D eigenvalue weighted by Gasteiger charge is 2.18. The van der Waals surface area contributed by atoms with Crippen molar-refractivity contribution in [3.05, 3.63) is 56.5 Å². The average molecular weight is 463 g/mol. The van der Waals surface area contributed by atoms with E-state index in [0.29, 0.717) is 23.4 Å². The number of hydrogen-bond acceptors (Lipinski definition) is 7. The second-order valence-electron chi connectivity index (χ2n) is 6.16. The van der Waals surface area contributed by atoms with Crippen LogP contribution in [0.25, 0.3) is 10.2 Å². The van der Waals surface area contributed by atoms with Crippen molar-refractivity contribution < 1.29 is 14.5 Å². The maximum Gasteiger partial charge on any atom is 0.284 e. The molecule has 1 N–H and O–H groups in total. The lowest BCUT2D eigenvalue weighted by Gasteiger charge is -2.25. The van der Waals surface area contributed by atoms with Crippen molar-refractivity contribution in [2.24, 2.45) is 0 Å². The number of nitrogens with one attached hydrogen (secondary N) is 1. The van der Waals surface area contributed by atoms with Gasteiger partial charge in [-0.3, -0.25) is 14.9 Å². The fourth-order valence-electron chi connectivity index (χ4n) is 2.88. The van der Waals surface area contributed by atoms with Gasteiger partial charge in [-0.25, -0.2) is 4.98 Å². The van der Waals surface area contributed by atoms with Crippen LogP contribution < -0.4 is 10.2 Å². The summed E-state index contributed by atoms with van der Waals surface area (Å²) in [5.41, 5.74) is 1.54. The maximum absolute atomic E-state index is 12.5. The van der Waals surface area contributed by atoms with Crippen LogP contribution in [0.4, 0.5) is 16.5 Å². The minimum absolute atomic E-state index is 0.152. The number of thiazole rings is 1. The number of morpholine rings is 1. The molecule has 4 rings (SSSR count). The summed E-state index contributed by atoms with van der Waals surface area (Å²) in [6, 6.07) is 9.78. The topological polar surface area (TPSA) is 97.6 Å². The first kappa shape index (κ1) is 18.8. The quantitative estimate of drug-likeness (QED) is 0.463. The smallest absolute Gasteiger partial charge is 0.284 e. The summed E-state index contributed by atoms with van der Waals surface area (Å²) in [7, 11) is 0. The van der Waals surface area contributed by atoms with Gasteiger partial charge in [-0.1, -0.05) is 11.3 Å². The summed E-state index contributed by atoms with van der Waals surface area (Å²) in [5.74, 6) is -0.409. The average Bonchev–Trinajstić information content (AvgIpc) is 3.12. The number of halogens is 1. The van der Waals surface area contributed by atoms with Gasteiger partial charge in [0.25, 0.3) is 11.6 Å². The number of nitrogens with zero attached hydrogens (tertiary/aromatic N) is 3. The molecule has 1 amide bonds. The van der Waals surface area contributed by atoms with Crippen LogP contribution in [0.3, 0.4) is 0 Å². The lowest BCUT2D eigenvalue weighted by Crippen LogP contribution is -2.36. The van der Waals surface area contributed by atoms with E-state index in [0.717, 1.165) is 28.4 Å². The number of rotatable bonds is 4. The van der Waals surface area contributed by atoms with Gasteiger partial charge in [0, 0.05) is 30.4 Å². The molecule has 0 unspecified atom stereocenters. The Bertz CT molecular complexity index is 1060. The zero-order valence-corrected chi connectivity index (χ0v) is 17.0. The van der Waals surface area contributed by atoms with Gasteiger partial charge in [0.05, 0.1) is 32.8 Å². The van der Waals surface area contributed by atoms with E-state index >= 15 is 0 Å². The number of benzene rings is 2. The molecule has 1 fully saturated rings. The van der Waals surface area contributed by atoms with Crippen molar-refractivity contribution in [3.8, 4) is 0 Å². The van der Waals surface area contributed by atoms with Gasteiger partial charge in [-0.2, -0.15) is 0 Å². The molecule has 0 saturated carbocycles. The Morgan fingerprint density at radius 1 is 1.25 bits per heavy atom. The van der Waals surface area contributed by atoms with E-state index < -0.39 is 10.8 Å². The molecule has 0 atom stereocenters. The normalized spacial score (nSPS) is 14.2. The van der Waals surface area contributed by atoms with Crippen LogP contribution in [-0.4, -0.2) is 42.1 Å². The molecule has 3 aromatic rings. The molecular weight excluding hydrogens is 448 g/mol. The van der Waals surface area contributed by atoms with Crippen LogP contribution in [-0.2, 0) is 4.74 Å². The molecule has 10 heteroatoms. The first-order valence-electron chi connectivity index (χ1n) is 8.50. The number of hydrogen-bond donors (Lipinski definition) is 1. The Morgan fingerprint density at radius 3 is 2.79 bits per heavy atom. The zero-order valence-electron chi connectivity index (χ0n) is 14.6. The molecule has 8 nitrogen and oxygen atoms in total. The lowest BCUT2D eigenvalue weighted by atomic mass is 10.2. The standard InChI is InChI=1S/C18H15BrN4O4S/c19-13-3-1-11(9-15(13)23(25)26)17(24)20-12-2-4-14-16(10-12)28-18(21-14)22-5-7-27-8-6-22/h1-4,9-10H,5-8H2,(H,20,24). The first-order valence-corrected chi connectivity index (χ1v) is 10.1. The van der Waals surface area contributed by atoms with Gasteiger partial charge >= 0.3 is 0 Å². The molecule has 0 spiro atoms. The molecule has 1 aliphatic rings. The third-order valence-electron chi connectivity index (χ3n) is 4.32. The highest BCUT2D eigenvalue weighted by Crippen LogP contribution is 2.31. The molecule has 1 aliphatic heterocycles. The summed E-state index contributed by atoms with van der Waals surface area (Å²) in [6.45, 7) is 3.00. The van der Waals surface area contributed by atoms with E-state index in [1.807, 2.05) is 12.1 Å². The predicted octanol–water partition coefficient (Wildman–Crippen LogP) is 4.06. The van der Waals surface area contributed by atoms with Gasteiger partial charge < -0.3 is 15.0 Å². The van der Waals surface area contributed by atoms with Gasteiger partial charge in [0.2, 0.25) is 0 Å². The van der Waals surface area contributed by atoms with Gasteiger partial charge in [0.1, 0.15) is 0 Å². The fraction of sp³-hybridized carbons (Fsp3) is 0.222. The molecule has 144 valence electrons. The van der Waals surface area contributed by atoms with E-state index in [9.17, 15) is 14.9 Å². The number of carbonyl (C=O) groups excluding carboxylic acids is 1. The lowest BCUT2D eigenvalue weighted by molar-refractivity contribution is -0.385. The van der Waals surface area contributed by atoms with Gasteiger partial charge in [-0.05, 0) is 46.3 Å². The van der Waals surface area contributed by atoms with Crippen molar-refractivity contribution in [2.75, 3.05) is 36.5 Å². The minimum atomic E-state index is -0.530. The van der Waals surface area contributed by atoms with E-state index in [-0.39, 0.29) is 11.3 Å². The molecular formula is C18H15BrN4O4S. The number of nitro groups is 1. The number of aromatic nitrogens is 1. The van der Waals surface area contributed by atoms with E-state index in [2.05, 4.69) is 31.1 Å². The number of anilines is 2. The fourth-order valence-corrected chi connectivity index (χ4v) is 4.33. The van der Waals surface area contributed by atoms with Crippen molar-refractivity contribution in [1.29, 1.82) is 0 Å². The van der Waals surface area contributed by atoms with Gasteiger partial charge in [-0.15, -0.1) is 0 Å². The summed E-state index contributed by atoms with van der Waals surface area (Å²) < 4.78 is 6.66. The monoisotopic (exact) mass is 462 g/mol. The van der Waals surface area contributed by atoms with Crippen molar-refractivity contribution in [1.82, 2.24) is 4.98 Å². The third kappa shape index (κ3) is 3.84. The molecule has 1 aromatic heterocycles. The van der Waals surface area contributed by atoms with Crippen LogP contribution in [0.1, 0.15) is 10.4 Å². The predicted molar refractivity (Wildman–Crippen MR) is 111 cm³/mol. The molecule has 0 aliphatic carbocycles. The summed E-state index contributed by atoms with van der Waals surface area (Å²) in [5, 5.41) is 14.8. The number of nitro benzene ring substituents is 1. The number of ether oxygens (including phenoxy) is 1. The molecule has 2 heterocycles.